The predicted octanol–water partition coefficient (Wildman–Crippen LogP) is 2.55. The van der Waals surface area contributed by atoms with Crippen molar-refractivity contribution >= 4 is 35.8 Å². The van der Waals surface area contributed by atoms with E-state index in [1.165, 1.54) is 6.07 Å². The van der Waals surface area contributed by atoms with Crippen LogP contribution in [0.5, 0.6) is 0 Å². The molecule has 11 heavy (non-hydrogen) atoms. The minimum Gasteiger partial charge on any atom is -0.223 e. The maximum atomic E-state index is 8.52. The zero-order valence-electron chi connectivity index (χ0n) is 5.17. The molecule has 5 heteroatoms. The second-order valence-corrected chi connectivity index (χ2v) is 2.94. The van der Waals surface area contributed by atoms with Gasteiger partial charge in [-0.05, 0) is 6.07 Å². The van der Waals surface area contributed by atoms with Gasteiger partial charge >= 0.3 is 0 Å². The van der Waals surface area contributed by atoms with Crippen LogP contribution in [0.4, 0.5) is 0 Å². The fourth-order valence-corrected chi connectivity index (χ4v) is 1.16. The van der Waals surface area contributed by atoms with E-state index in [1.54, 1.807) is 0 Å². The summed E-state index contributed by atoms with van der Waals surface area (Å²) in [6.45, 7) is 0. The van der Waals surface area contributed by atoms with Crippen LogP contribution in [0.15, 0.2) is 11.0 Å². The number of thiol groups is 1. The third kappa shape index (κ3) is 1.78. The zero-order valence-corrected chi connectivity index (χ0v) is 7.58. The minimum atomic E-state index is 0.150. The molecule has 1 heterocycles. The number of pyridine rings is 1. The van der Waals surface area contributed by atoms with Gasteiger partial charge in [-0.25, -0.2) is 4.98 Å². The standard InChI is InChI=1S/C6H2Cl2N2S/c7-4-1-3(2-9)5(11)6(8)10-4/h1,11H. The molecule has 0 N–H and O–H groups in total. The molecular weight excluding hydrogens is 203 g/mol. The summed E-state index contributed by atoms with van der Waals surface area (Å²) in [5, 5.41) is 8.87. The molecule has 2 nitrogen and oxygen atoms in total. The Morgan fingerprint density at radius 1 is 1.55 bits per heavy atom. The van der Waals surface area contributed by atoms with Gasteiger partial charge in [0.05, 0.1) is 10.5 Å². The average Bonchev–Trinajstić information content (AvgIpc) is 1.96. The van der Waals surface area contributed by atoms with Crippen LogP contribution in [0, 0.1) is 11.3 Å². The quantitative estimate of drug-likeness (QED) is 0.521. The van der Waals surface area contributed by atoms with E-state index in [2.05, 4.69) is 17.6 Å². The van der Waals surface area contributed by atoms with Crippen molar-refractivity contribution in [2.24, 2.45) is 0 Å². The molecule has 0 unspecified atom stereocenters. The smallest absolute Gasteiger partial charge is 0.145 e. The summed E-state index contributed by atoms with van der Waals surface area (Å²) in [5.74, 6) is 0. The third-order valence-corrected chi connectivity index (χ3v) is 2.09. The lowest BCUT2D eigenvalue weighted by atomic mass is 10.3. The highest BCUT2D eigenvalue weighted by Gasteiger charge is 2.05. The SMILES string of the molecule is N#Cc1cc(Cl)nc(Cl)c1S. The van der Waals surface area contributed by atoms with Gasteiger partial charge in [0, 0.05) is 0 Å². The molecule has 0 fully saturated rings. The van der Waals surface area contributed by atoms with E-state index in [1.807, 2.05) is 6.07 Å². The second-order valence-electron chi connectivity index (χ2n) is 1.74. The van der Waals surface area contributed by atoms with Gasteiger partial charge in [0.2, 0.25) is 0 Å². The second kappa shape index (κ2) is 3.31. The van der Waals surface area contributed by atoms with E-state index in [0.29, 0.717) is 10.5 Å². The molecule has 0 spiro atoms. The summed E-state index contributed by atoms with van der Waals surface area (Å²) >= 11 is 15.1. The third-order valence-electron chi connectivity index (χ3n) is 1.04. The van der Waals surface area contributed by atoms with Crippen molar-refractivity contribution in [3.63, 3.8) is 0 Å². The highest BCUT2D eigenvalue weighted by molar-refractivity contribution is 7.80. The molecule has 0 aliphatic rings. The summed E-state index contributed by atoms with van der Waals surface area (Å²) < 4.78 is 0. The first-order valence-electron chi connectivity index (χ1n) is 2.60. The highest BCUT2D eigenvalue weighted by Crippen LogP contribution is 2.23. The molecule has 1 rings (SSSR count). The van der Waals surface area contributed by atoms with E-state index >= 15 is 0 Å². The van der Waals surface area contributed by atoms with Crippen LogP contribution in [0.3, 0.4) is 0 Å². The molecule has 0 saturated heterocycles. The van der Waals surface area contributed by atoms with E-state index in [-0.39, 0.29) is 10.3 Å². The molecular formula is C6H2Cl2N2S. The Hall–Kier alpha value is -0.430. The van der Waals surface area contributed by atoms with Gasteiger partial charge in [-0.15, -0.1) is 12.6 Å². The molecule has 0 aliphatic carbocycles. The molecule has 0 bridgehead atoms. The van der Waals surface area contributed by atoms with Crippen LogP contribution in [0.2, 0.25) is 10.3 Å². The zero-order chi connectivity index (χ0) is 8.43. The number of nitriles is 1. The summed E-state index contributed by atoms with van der Waals surface area (Å²) in [6.07, 6.45) is 0. The van der Waals surface area contributed by atoms with E-state index < -0.39 is 0 Å². The van der Waals surface area contributed by atoms with Gasteiger partial charge < -0.3 is 0 Å². The molecule has 0 amide bonds. The summed E-state index contributed by atoms with van der Waals surface area (Å²) in [7, 11) is 0. The molecule has 0 radical (unpaired) electrons. The number of hydrogen-bond acceptors (Lipinski definition) is 3. The van der Waals surface area contributed by atoms with E-state index in [4.69, 9.17) is 28.5 Å². The number of halogens is 2. The van der Waals surface area contributed by atoms with Crippen molar-refractivity contribution in [1.82, 2.24) is 4.98 Å². The van der Waals surface area contributed by atoms with Crippen molar-refractivity contribution in [2.45, 2.75) is 4.90 Å². The first-order valence-corrected chi connectivity index (χ1v) is 3.80. The minimum absolute atomic E-state index is 0.150. The Morgan fingerprint density at radius 3 is 2.73 bits per heavy atom. The van der Waals surface area contributed by atoms with Gasteiger partial charge in [0.1, 0.15) is 16.4 Å². The van der Waals surface area contributed by atoms with Crippen molar-refractivity contribution in [2.75, 3.05) is 0 Å². The molecule has 0 atom stereocenters. The first kappa shape index (κ1) is 8.66. The summed E-state index contributed by atoms with van der Waals surface area (Å²) in [5.41, 5.74) is 0.332. The normalized spacial score (nSPS) is 9.27. The largest absolute Gasteiger partial charge is 0.223 e. The lowest BCUT2D eigenvalue weighted by molar-refractivity contribution is 1.22. The van der Waals surface area contributed by atoms with Gasteiger partial charge in [0.15, 0.2) is 0 Å². The first-order chi connectivity index (χ1) is 5.15. The topological polar surface area (TPSA) is 36.7 Å². The Kier molecular flexibility index (Phi) is 2.61. The molecule has 0 saturated carbocycles. The van der Waals surface area contributed by atoms with Gasteiger partial charge in [-0.2, -0.15) is 5.26 Å². The Bertz CT molecular complexity index is 332. The number of aromatic nitrogens is 1. The van der Waals surface area contributed by atoms with Crippen molar-refractivity contribution < 1.29 is 0 Å². The molecule has 1 aromatic heterocycles. The van der Waals surface area contributed by atoms with Crippen LogP contribution in [-0.2, 0) is 0 Å². The maximum Gasteiger partial charge on any atom is 0.145 e. The van der Waals surface area contributed by atoms with E-state index in [0.717, 1.165) is 0 Å². The number of nitrogens with zero attached hydrogens (tertiary/aromatic N) is 2. The maximum absolute atomic E-state index is 8.52. The van der Waals surface area contributed by atoms with Crippen LogP contribution in [0.25, 0.3) is 0 Å². The fourth-order valence-electron chi connectivity index (χ4n) is 0.563. The van der Waals surface area contributed by atoms with Crippen molar-refractivity contribution in [1.29, 1.82) is 5.26 Å². The number of rotatable bonds is 0. The highest BCUT2D eigenvalue weighted by atomic mass is 35.5. The fraction of sp³-hybridized carbons (Fsp3) is 0. The molecule has 56 valence electrons. The van der Waals surface area contributed by atoms with Gasteiger partial charge in [-0.3, -0.25) is 0 Å². The van der Waals surface area contributed by atoms with Crippen LogP contribution >= 0.6 is 35.8 Å². The van der Waals surface area contributed by atoms with E-state index in [9.17, 15) is 0 Å². The Balaban J connectivity index is 3.39. The van der Waals surface area contributed by atoms with Gasteiger partial charge in [-0.1, -0.05) is 23.2 Å². The lowest BCUT2D eigenvalue weighted by Gasteiger charge is -1.97. The monoisotopic (exact) mass is 204 g/mol. The molecule has 0 aliphatic heterocycles. The molecule has 0 aromatic carbocycles. The number of hydrogen-bond donors (Lipinski definition) is 1. The summed E-state index contributed by atoms with van der Waals surface area (Å²) in [4.78, 5) is 4.04. The van der Waals surface area contributed by atoms with Gasteiger partial charge in [0.25, 0.3) is 0 Å². The Labute approximate surface area is 79.2 Å². The summed E-state index contributed by atoms with van der Waals surface area (Å²) in [6, 6.07) is 3.30. The van der Waals surface area contributed by atoms with Crippen LogP contribution in [0.1, 0.15) is 5.56 Å². The lowest BCUT2D eigenvalue weighted by Crippen LogP contribution is -1.84. The molecule has 1 aromatic rings. The van der Waals surface area contributed by atoms with Crippen LogP contribution < -0.4 is 0 Å². The van der Waals surface area contributed by atoms with Crippen molar-refractivity contribution in [3.05, 3.63) is 21.9 Å². The van der Waals surface area contributed by atoms with Crippen LogP contribution in [-0.4, -0.2) is 4.98 Å². The van der Waals surface area contributed by atoms with Crippen molar-refractivity contribution in [3.8, 4) is 6.07 Å². The Morgan fingerprint density at radius 2 is 2.18 bits per heavy atom. The average molecular weight is 205 g/mol. The predicted molar refractivity (Wildman–Crippen MR) is 46.2 cm³/mol.